The van der Waals surface area contributed by atoms with Crippen molar-refractivity contribution in [2.24, 2.45) is 0 Å². The molecule has 3 N–H and O–H groups in total. The Balaban J connectivity index is 1.90. The van der Waals surface area contributed by atoms with E-state index in [9.17, 15) is 14.4 Å². The van der Waals surface area contributed by atoms with Crippen LogP contribution in [0.1, 0.15) is 12.0 Å². The van der Waals surface area contributed by atoms with Gasteiger partial charge in [-0.15, -0.1) is 0 Å². The number of benzene rings is 1. The number of carbonyl (C=O) groups excluding carboxylic acids is 2. The van der Waals surface area contributed by atoms with Crippen LogP contribution in [-0.4, -0.2) is 42.6 Å². The number of carboxylic acid groups (broad SMARTS) is 1. The van der Waals surface area contributed by atoms with Crippen molar-refractivity contribution >= 4 is 23.6 Å². The molecule has 0 saturated heterocycles. The van der Waals surface area contributed by atoms with E-state index in [1.165, 1.54) is 0 Å². The minimum absolute atomic E-state index is 0.245. The van der Waals surface area contributed by atoms with E-state index in [1.54, 1.807) is 4.90 Å². The number of hydrogen-bond acceptors (Lipinski definition) is 3. The molecule has 1 aromatic rings. The second kappa shape index (κ2) is 6.74. The van der Waals surface area contributed by atoms with Gasteiger partial charge in [0.15, 0.2) is 0 Å². The molecule has 1 heterocycles. The molecular weight excluding hydrogens is 274 g/mol. The van der Waals surface area contributed by atoms with Gasteiger partial charge >= 0.3 is 12.0 Å². The van der Waals surface area contributed by atoms with Crippen molar-refractivity contribution in [1.29, 1.82) is 0 Å². The number of rotatable bonds is 4. The van der Waals surface area contributed by atoms with E-state index >= 15 is 0 Å². The molecule has 1 aromatic carbocycles. The van der Waals surface area contributed by atoms with Gasteiger partial charge in [0, 0.05) is 12.2 Å². The van der Waals surface area contributed by atoms with E-state index in [-0.39, 0.29) is 12.6 Å². The van der Waals surface area contributed by atoms with E-state index in [1.807, 2.05) is 24.3 Å². The topological polar surface area (TPSA) is 98.7 Å². The van der Waals surface area contributed by atoms with E-state index in [4.69, 9.17) is 5.11 Å². The molecule has 0 fully saturated rings. The van der Waals surface area contributed by atoms with Crippen molar-refractivity contribution in [3.63, 3.8) is 0 Å². The first-order valence-electron chi connectivity index (χ1n) is 6.69. The highest BCUT2D eigenvalue weighted by molar-refractivity contribution is 5.95. The molecule has 112 valence electrons. The zero-order chi connectivity index (χ0) is 15.2. The second-order valence-electron chi connectivity index (χ2n) is 4.71. The second-order valence-corrected chi connectivity index (χ2v) is 4.71. The molecule has 0 atom stereocenters. The molecule has 7 heteroatoms. The van der Waals surface area contributed by atoms with Gasteiger partial charge in [0.2, 0.25) is 5.91 Å². The maximum absolute atomic E-state index is 12.1. The summed E-state index contributed by atoms with van der Waals surface area (Å²) in [6.45, 7) is -0.106. The lowest BCUT2D eigenvalue weighted by Gasteiger charge is -2.29. The summed E-state index contributed by atoms with van der Waals surface area (Å²) in [6, 6.07) is 7.30. The van der Waals surface area contributed by atoms with Crippen LogP contribution in [0.4, 0.5) is 10.5 Å². The standard InChI is InChI=1S/C14H17N3O4/c18-12(15-9-13(19)20)8-16-14(21)17-7-3-5-10-4-1-2-6-11(10)17/h1-2,4,6H,3,5,7-9H2,(H,15,18)(H,16,21)(H,19,20). The number of carboxylic acids is 1. The number of urea groups is 1. The molecule has 0 saturated carbocycles. The molecule has 0 radical (unpaired) electrons. The Labute approximate surface area is 121 Å². The number of carbonyl (C=O) groups is 3. The Bertz CT molecular complexity index is 559. The predicted molar refractivity (Wildman–Crippen MR) is 76.2 cm³/mol. The predicted octanol–water partition coefficient (Wildman–Crippen LogP) is 0.350. The van der Waals surface area contributed by atoms with Gasteiger partial charge in [0.1, 0.15) is 6.54 Å². The summed E-state index contributed by atoms with van der Waals surface area (Å²) in [6.07, 6.45) is 1.80. The SMILES string of the molecule is O=C(O)CNC(=O)CNC(=O)N1CCCc2ccccc21. The molecular formula is C14H17N3O4. The smallest absolute Gasteiger partial charge is 0.322 e. The van der Waals surface area contributed by atoms with Crippen LogP contribution < -0.4 is 15.5 Å². The molecule has 21 heavy (non-hydrogen) atoms. The van der Waals surface area contributed by atoms with Crippen LogP contribution in [0.25, 0.3) is 0 Å². The molecule has 1 aliphatic heterocycles. The number of anilines is 1. The molecule has 2 rings (SSSR count). The van der Waals surface area contributed by atoms with Crippen LogP contribution in [0.2, 0.25) is 0 Å². The van der Waals surface area contributed by atoms with Crippen LogP contribution in [0.5, 0.6) is 0 Å². The minimum Gasteiger partial charge on any atom is -0.480 e. The minimum atomic E-state index is -1.13. The van der Waals surface area contributed by atoms with E-state index in [2.05, 4.69) is 10.6 Å². The first-order chi connectivity index (χ1) is 10.1. The van der Waals surface area contributed by atoms with Gasteiger partial charge in [0.25, 0.3) is 0 Å². The fourth-order valence-electron chi connectivity index (χ4n) is 2.23. The maximum atomic E-state index is 12.1. The fourth-order valence-corrected chi connectivity index (χ4v) is 2.23. The van der Waals surface area contributed by atoms with Crippen molar-refractivity contribution in [1.82, 2.24) is 10.6 Å². The quantitative estimate of drug-likeness (QED) is 0.745. The van der Waals surface area contributed by atoms with E-state index in [0.29, 0.717) is 6.54 Å². The van der Waals surface area contributed by atoms with Gasteiger partial charge in [-0.3, -0.25) is 14.5 Å². The number of fused-ring (bicyclic) bond motifs is 1. The lowest BCUT2D eigenvalue weighted by Crippen LogP contribution is -2.46. The van der Waals surface area contributed by atoms with Gasteiger partial charge < -0.3 is 15.7 Å². The number of hydrogen-bond donors (Lipinski definition) is 3. The van der Waals surface area contributed by atoms with Crippen LogP contribution in [0.15, 0.2) is 24.3 Å². The first kappa shape index (κ1) is 14.8. The third kappa shape index (κ3) is 3.95. The number of nitrogens with one attached hydrogen (secondary N) is 2. The summed E-state index contributed by atoms with van der Waals surface area (Å²) in [5.41, 5.74) is 1.96. The highest BCUT2D eigenvalue weighted by Gasteiger charge is 2.22. The van der Waals surface area contributed by atoms with Crippen LogP contribution in [0.3, 0.4) is 0 Å². The summed E-state index contributed by atoms with van der Waals surface area (Å²) in [5.74, 6) is -1.66. The Morgan fingerprint density at radius 1 is 1.14 bits per heavy atom. The van der Waals surface area contributed by atoms with Gasteiger partial charge in [-0.1, -0.05) is 18.2 Å². The highest BCUT2D eigenvalue weighted by Crippen LogP contribution is 2.26. The molecule has 0 aliphatic carbocycles. The number of amides is 3. The molecule has 0 unspecified atom stereocenters. The van der Waals surface area contributed by atoms with Crippen molar-refractivity contribution in [2.75, 3.05) is 24.5 Å². The van der Waals surface area contributed by atoms with Crippen LogP contribution in [-0.2, 0) is 16.0 Å². The Kier molecular flexibility index (Phi) is 4.76. The third-order valence-electron chi connectivity index (χ3n) is 3.19. The fraction of sp³-hybridized carbons (Fsp3) is 0.357. The van der Waals surface area contributed by atoms with E-state index < -0.39 is 18.4 Å². The number of nitrogens with zero attached hydrogens (tertiary/aromatic N) is 1. The van der Waals surface area contributed by atoms with Crippen LogP contribution in [0, 0.1) is 0 Å². The van der Waals surface area contributed by atoms with Gasteiger partial charge in [-0.05, 0) is 24.5 Å². The Hall–Kier alpha value is -2.57. The molecule has 0 spiro atoms. The summed E-state index contributed by atoms with van der Waals surface area (Å²) in [4.78, 5) is 35.4. The van der Waals surface area contributed by atoms with Crippen molar-refractivity contribution in [3.8, 4) is 0 Å². The average Bonchev–Trinajstić information content (AvgIpc) is 2.50. The summed E-state index contributed by atoms with van der Waals surface area (Å²) < 4.78 is 0. The lowest BCUT2D eigenvalue weighted by molar-refractivity contribution is -0.137. The number of para-hydroxylation sites is 1. The Morgan fingerprint density at radius 3 is 2.67 bits per heavy atom. The average molecular weight is 291 g/mol. The van der Waals surface area contributed by atoms with E-state index in [0.717, 1.165) is 24.1 Å². The summed E-state index contributed by atoms with van der Waals surface area (Å²) in [7, 11) is 0. The lowest BCUT2D eigenvalue weighted by atomic mass is 10.0. The number of aliphatic carboxylic acids is 1. The number of aryl methyl sites for hydroxylation is 1. The molecule has 0 bridgehead atoms. The van der Waals surface area contributed by atoms with Gasteiger partial charge in [0.05, 0.1) is 6.54 Å². The van der Waals surface area contributed by atoms with Gasteiger partial charge in [-0.2, -0.15) is 0 Å². The molecule has 0 aromatic heterocycles. The largest absolute Gasteiger partial charge is 0.480 e. The van der Waals surface area contributed by atoms with Crippen molar-refractivity contribution in [3.05, 3.63) is 29.8 Å². The van der Waals surface area contributed by atoms with Crippen molar-refractivity contribution < 1.29 is 19.5 Å². The third-order valence-corrected chi connectivity index (χ3v) is 3.19. The highest BCUT2D eigenvalue weighted by atomic mass is 16.4. The summed E-state index contributed by atoms with van der Waals surface area (Å²) in [5, 5.41) is 13.1. The van der Waals surface area contributed by atoms with Crippen LogP contribution >= 0.6 is 0 Å². The first-order valence-corrected chi connectivity index (χ1v) is 6.69. The summed E-state index contributed by atoms with van der Waals surface area (Å²) >= 11 is 0. The van der Waals surface area contributed by atoms with Crippen molar-refractivity contribution in [2.45, 2.75) is 12.8 Å². The zero-order valence-corrected chi connectivity index (χ0v) is 11.5. The zero-order valence-electron chi connectivity index (χ0n) is 11.5. The Morgan fingerprint density at radius 2 is 1.90 bits per heavy atom. The monoisotopic (exact) mass is 291 g/mol. The molecule has 7 nitrogen and oxygen atoms in total. The van der Waals surface area contributed by atoms with Gasteiger partial charge in [-0.25, -0.2) is 4.79 Å². The molecule has 1 aliphatic rings. The molecule has 3 amide bonds. The maximum Gasteiger partial charge on any atom is 0.322 e. The normalized spacial score (nSPS) is 13.2.